The molecule has 1 N–H and O–H groups in total. The molecule has 1 heterocycles. The van der Waals surface area contributed by atoms with E-state index in [0.717, 1.165) is 0 Å². The molecule has 1 aliphatic rings. The summed E-state index contributed by atoms with van der Waals surface area (Å²) in [4.78, 5) is 3.71. The normalized spacial score (nSPS) is 18.8. The summed E-state index contributed by atoms with van der Waals surface area (Å²) in [7, 11) is -1.52. The molecule has 0 saturated heterocycles. The number of fused-ring (bicyclic) bond motifs is 1. The molecular formula is C10H15NO3S2. The lowest BCUT2D eigenvalue weighted by Gasteiger charge is -2.16. The van der Waals surface area contributed by atoms with Crippen LogP contribution in [0.15, 0.2) is 29.2 Å². The molecular weight excluding hydrogens is 246 g/mol. The van der Waals surface area contributed by atoms with Gasteiger partial charge in [-0.05, 0) is 19.1 Å². The van der Waals surface area contributed by atoms with Crippen LogP contribution in [0.2, 0.25) is 0 Å². The van der Waals surface area contributed by atoms with E-state index in [-0.39, 0.29) is 0 Å². The van der Waals surface area contributed by atoms with E-state index in [2.05, 4.69) is 43.1 Å². The molecule has 6 heteroatoms. The van der Waals surface area contributed by atoms with Gasteiger partial charge in [0.05, 0.1) is 17.3 Å². The molecule has 0 spiro atoms. The van der Waals surface area contributed by atoms with Crippen LogP contribution in [0.25, 0.3) is 0 Å². The summed E-state index contributed by atoms with van der Waals surface area (Å²) in [6.45, 7) is 2.23. The number of hydrogen-bond acceptors (Lipinski definition) is 4. The van der Waals surface area contributed by atoms with Crippen LogP contribution in [-0.4, -0.2) is 31.6 Å². The third-order valence-electron chi connectivity index (χ3n) is 2.09. The predicted molar refractivity (Wildman–Crippen MR) is 67.6 cm³/mol. The van der Waals surface area contributed by atoms with Gasteiger partial charge in [0.2, 0.25) is 0 Å². The predicted octanol–water partition coefficient (Wildman–Crippen LogP) is 2.08. The molecule has 0 aromatic heterocycles. The molecule has 4 nitrogen and oxygen atoms in total. The first-order chi connectivity index (χ1) is 7.29. The van der Waals surface area contributed by atoms with Crippen molar-refractivity contribution < 1.29 is 13.0 Å². The minimum Gasteiger partial charge on any atom is -0.362 e. The first kappa shape index (κ1) is 13.3. The smallest absolute Gasteiger partial charge is 0.261 e. The van der Waals surface area contributed by atoms with Crippen molar-refractivity contribution in [1.29, 1.82) is 0 Å². The van der Waals surface area contributed by atoms with Gasteiger partial charge >= 0.3 is 0 Å². The minimum absolute atomic E-state index is 0.590. The van der Waals surface area contributed by atoms with Crippen molar-refractivity contribution in [2.45, 2.75) is 17.2 Å². The molecule has 0 radical (unpaired) electrons. The molecule has 90 valence electrons. The lowest BCUT2D eigenvalue weighted by atomic mass is 10.3. The summed E-state index contributed by atoms with van der Waals surface area (Å²) in [5.74, 6) is 0. The third kappa shape index (κ3) is 4.03. The summed E-state index contributed by atoms with van der Waals surface area (Å²) in [6.07, 6.45) is 0.715. The molecule has 1 aromatic rings. The topological polar surface area (TPSA) is 57.6 Å². The summed E-state index contributed by atoms with van der Waals surface area (Å²) in [5.41, 5.74) is 1.37. The van der Waals surface area contributed by atoms with Gasteiger partial charge in [-0.25, -0.2) is 0 Å². The van der Waals surface area contributed by atoms with Crippen molar-refractivity contribution in [1.82, 2.24) is 0 Å². The molecule has 1 aromatic carbocycles. The van der Waals surface area contributed by atoms with E-state index in [1.807, 2.05) is 11.8 Å². The van der Waals surface area contributed by atoms with Crippen LogP contribution in [0, 0.1) is 0 Å². The van der Waals surface area contributed by atoms with E-state index in [9.17, 15) is 8.42 Å². The van der Waals surface area contributed by atoms with Gasteiger partial charge < -0.3 is 4.90 Å². The summed E-state index contributed by atoms with van der Waals surface area (Å²) < 4.78 is 25.9. The molecule has 0 bridgehead atoms. The molecule has 2 rings (SSSR count). The van der Waals surface area contributed by atoms with Crippen LogP contribution >= 0.6 is 11.8 Å². The molecule has 0 aliphatic carbocycles. The van der Waals surface area contributed by atoms with Gasteiger partial charge in [-0.1, -0.05) is 23.9 Å². The van der Waals surface area contributed by atoms with Gasteiger partial charge in [-0.3, -0.25) is 4.55 Å². The Morgan fingerprint density at radius 2 is 1.88 bits per heavy atom. The van der Waals surface area contributed by atoms with Crippen LogP contribution < -0.4 is 4.90 Å². The second-order valence-corrected chi connectivity index (χ2v) is 6.35. The zero-order valence-corrected chi connectivity index (χ0v) is 11.0. The maximum Gasteiger partial charge on any atom is 0.261 e. The average Bonchev–Trinajstić information content (AvgIpc) is 2.41. The fourth-order valence-electron chi connectivity index (χ4n) is 1.31. The second-order valence-electron chi connectivity index (χ2n) is 3.53. The van der Waals surface area contributed by atoms with Gasteiger partial charge in [0, 0.05) is 11.9 Å². The number of nitrogens with zero attached hydrogens (tertiary/aromatic N) is 1. The molecule has 16 heavy (non-hydrogen) atoms. The summed E-state index contributed by atoms with van der Waals surface area (Å²) >= 11 is 1.93. The van der Waals surface area contributed by atoms with E-state index in [0.29, 0.717) is 11.6 Å². The SMILES string of the molecule is CC1Sc2ccccc2N1C.CS(=O)(=O)O. The maximum atomic E-state index is 9.19. The number of para-hydroxylation sites is 1. The molecule has 0 saturated carbocycles. The van der Waals surface area contributed by atoms with Gasteiger partial charge in [0.1, 0.15) is 0 Å². The van der Waals surface area contributed by atoms with Crippen molar-refractivity contribution >= 4 is 27.6 Å². The number of benzene rings is 1. The lowest BCUT2D eigenvalue weighted by molar-refractivity contribution is 0.490. The molecule has 1 unspecified atom stereocenters. The van der Waals surface area contributed by atoms with E-state index >= 15 is 0 Å². The van der Waals surface area contributed by atoms with Crippen molar-refractivity contribution in [3.63, 3.8) is 0 Å². The Balaban J connectivity index is 0.000000221. The van der Waals surface area contributed by atoms with E-state index < -0.39 is 10.1 Å². The van der Waals surface area contributed by atoms with Crippen LogP contribution in [-0.2, 0) is 10.1 Å². The van der Waals surface area contributed by atoms with Crippen molar-refractivity contribution in [3.05, 3.63) is 24.3 Å². The zero-order valence-electron chi connectivity index (χ0n) is 9.41. The fourth-order valence-corrected chi connectivity index (χ4v) is 2.44. The Kier molecular flexibility index (Phi) is 4.23. The molecule has 0 fully saturated rings. The van der Waals surface area contributed by atoms with Gasteiger partial charge in [0.15, 0.2) is 0 Å². The quantitative estimate of drug-likeness (QED) is 0.725. The number of hydrogen-bond donors (Lipinski definition) is 1. The summed E-state index contributed by atoms with van der Waals surface area (Å²) in [5, 5.41) is 0.590. The summed E-state index contributed by atoms with van der Waals surface area (Å²) in [6, 6.07) is 8.54. The largest absolute Gasteiger partial charge is 0.362 e. The number of thioether (sulfide) groups is 1. The zero-order chi connectivity index (χ0) is 12.3. The Bertz CT molecular complexity index is 451. The minimum atomic E-state index is -3.67. The van der Waals surface area contributed by atoms with Gasteiger partial charge in [-0.15, -0.1) is 0 Å². The molecule has 0 amide bonds. The van der Waals surface area contributed by atoms with E-state index in [1.165, 1.54) is 10.6 Å². The van der Waals surface area contributed by atoms with Crippen molar-refractivity contribution in [2.24, 2.45) is 0 Å². The van der Waals surface area contributed by atoms with Crippen LogP contribution in [0.3, 0.4) is 0 Å². The first-order valence-electron chi connectivity index (χ1n) is 4.70. The third-order valence-corrected chi connectivity index (χ3v) is 3.34. The second kappa shape index (κ2) is 5.07. The van der Waals surface area contributed by atoms with Crippen LogP contribution in [0.5, 0.6) is 0 Å². The highest BCUT2D eigenvalue weighted by Gasteiger charge is 2.21. The average molecular weight is 261 g/mol. The lowest BCUT2D eigenvalue weighted by Crippen LogP contribution is -2.20. The van der Waals surface area contributed by atoms with Crippen molar-refractivity contribution in [2.75, 3.05) is 18.2 Å². The van der Waals surface area contributed by atoms with E-state index in [1.54, 1.807) is 0 Å². The number of rotatable bonds is 0. The Morgan fingerprint density at radius 3 is 2.38 bits per heavy atom. The Hall–Kier alpha value is -0.720. The monoisotopic (exact) mass is 261 g/mol. The highest BCUT2D eigenvalue weighted by molar-refractivity contribution is 8.00. The fraction of sp³-hybridized carbons (Fsp3) is 0.400. The first-order valence-corrected chi connectivity index (χ1v) is 7.43. The highest BCUT2D eigenvalue weighted by Crippen LogP contribution is 2.41. The van der Waals surface area contributed by atoms with Gasteiger partial charge in [0.25, 0.3) is 10.1 Å². The highest BCUT2D eigenvalue weighted by atomic mass is 32.2. The van der Waals surface area contributed by atoms with Crippen LogP contribution in [0.4, 0.5) is 5.69 Å². The Morgan fingerprint density at radius 1 is 1.38 bits per heavy atom. The molecule has 1 atom stereocenters. The standard InChI is InChI=1S/C9H11NS.CH4O3S/c1-7-10(2)8-5-3-4-6-9(8)11-7;1-5(2,3)4/h3-7H,1-2H3;1H3,(H,2,3,4). The maximum absolute atomic E-state index is 9.19. The molecule has 1 aliphatic heterocycles. The van der Waals surface area contributed by atoms with Crippen molar-refractivity contribution in [3.8, 4) is 0 Å². The van der Waals surface area contributed by atoms with E-state index in [4.69, 9.17) is 4.55 Å². The van der Waals surface area contributed by atoms with Crippen LogP contribution in [0.1, 0.15) is 6.92 Å². The van der Waals surface area contributed by atoms with Gasteiger partial charge in [-0.2, -0.15) is 8.42 Å². The number of anilines is 1. The Labute approximate surface area is 100 Å².